The van der Waals surface area contributed by atoms with Gasteiger partial charge in [-0.2, -0.15) is 0 Å². The molecule has 34 heavy (non-hydrogen) atoms. The van der Waals surface area contributed by atoms with Crippen LogP contribution in [0.25, 0.3) is 5.76 Å². The lowest BCUT2D eigenvalue weighted by Crippen LogP contribution is -2.29. The summed E-state index contributed by atoms with van der Waals surface area (Å²) in [6.07, 6.45) is 0. The molecule has 2 aromatic carbocycles. The highest BCUT2D eigenvalue weighted by atomic mass is 35.5. The molecule has 1 saturated heterocycles. The van der Waals surface area contributed by atoms with Gasteiger partial charge in [-0.3, -0.25) is 14.5 Å². The van der Waals surface area contributed by atoms with Crippen LogP contribution < -0.4 is 23.8 Å². The van der Waals surface area contributed by atoms with E-state index >= 15 is 0 Å². The van der Waals surface area contributed by atoms with Gasteiger partial charge in [-0.15, -0.1) is 11.3 Å². The quantitative estimate of drug-likeness (QED) is 0.307. The van der Waals surface area contributed by atoms with Crippen LogP contribution in [-0.2, 0) is 9.59 Å². The number of thiophene rings is 1. The highest BCUT2D eigenvalue weighted by molar-refractivity contribution is 7.10. The minimum Gasteiger partial charge on any atom is -0.507 e. The zero-order valence-corrected chi connectivity index (χ0v) is 19.6. The predicted octanol–water partition coefficient (Wildman–Crippen LogP) is 4.77. The smallest absolute Gasteiger partial charge is 0.300 e. The molecule has 1 unspecified atom stereocenters. The zero-order chi connectivity index (χ0) is 24.0. The average Bonchev–Trinajstić information content (AvgIpc) is 3.58. The van der Waals surface area contributed by atoms with Gasteiger partial charge < -0.3 is 24.1 Å². The molecule has 174 valence electrons. The molecule has 0 spiro atoms. The Morgan fingerprint density at radius 2 is 1.85 bits per heavy atom. The number of carbonyl (C=O) groups is 2. The minimum atomic E-state index is -0.869. The Labute approximate surface area is 203 Å². The first-order valence-electron chi connectivity index (χ1n) is 10.1. The third kappa shape index (κ3) is 3.44. The number of ketones is 1. The number of ether oxygens (including phenoxy) is 4. The number of hydrogen-bond acceptors (Lipinski definition) is 8. The van der Waals surface area contributed by atoms with E-state index in [4.69, 9.17) is 30.5 Å². The van der Waals surface area contributed by atoms with E-state index in [-0.39, 0.29) is 34.5 Å². The van der Waals surface area contributed by atoms with E-state index in [1.54, 1.807) is 24.3 Å². The summed E-state index contributed by atoms with van der Waals surface area (Å²) in [5.74, 6) is -0.487. The summed E-state index contributed by atoms with van der Waals surface area (Å²) in [6, 6.07) is 10.7. The fourth-order valence-corrected chi connectivity index (χ4v) is 5.09. The number of fused-ring (bicyclic) bond motifs is 1. The number of halogens is 1. The molecule has 1 atom stereocenters. The van der Waals surface area contributed by atoms with E-state index in [1.165, 1.54) is 42.6 Å². The van der Waals surface area contributed by atoms with Gasteiger partial charge in [0.25, 0.3) is 11.7 Å². The molecule has 2 aliphatic rings. The molecule has 10 heteroatoms. The van der Waals surface area contributed by atoms with Crippen LogP contribution in [0.2, 0.25) is 5.02 Å². The lowest BCUT2D eigenvalue weighted by atomic mass is 9.99. The molecule has 0 aliphatic carbocycles. The molecule has 1 amide bonds. The number of carbonyl (C=O) groups excluding carboxylic acids is 2. The maximum Gasteiger partial charge on any atom is 0.300 e. The number of aliphatic hydroxyl groups is 1. The Bertz CT molecular complexity index is 1340. The van der Waals surface area contributed by atoms with Crippen molar-refractivity contribution in [1.82, 2.24) is 0 Å². The maximum atomic E-state index is 13.3. The normalized spacial score (nSPS) is 18.4. The van der Waals surface area contributed by atoms with Crippen molar-refractivity contribution in [2.45, 2.75) is 6.04 Å². The lowest BCUT2D eigenvalue weighted by molar-refractivity contribution is -0.132. The van der Waals surface area contributed by atoms with Crippen LogP contribution in [0.4, 0.5) is 5.69 Å². The van der Waals surface area contributed by atoms with E-state index < -0.39 is 23.5 Å². The van der Waals surface area contributed by atoms with Crippen LogP contribution in [0.15, 0.2) is 53.4 Å². The molecule has 3 heterocycles. The summed E-state index contributed by atoms with van der Waals surface area (Å²) in [7, 11) is 2.85. The topological polar surface area (TPSA) is 94.5 Å². The number of benzene rings is 2. The van der Waals surface area contributed by atoms with Gasteiger partial charge in [-0.05, 0) is 29.6 Å². The summed E-state index contributed by atoms with van der Waals surface area (Å²) in [6.45, 7) is 0.0736. The predicted molar refractivity (Wildman–Crippen MR) is 126 cm³/mol. The van der Waals surface area contributed by atoms with Crippen LogP contribution in [0, 0.1) is 0 Å². The van der Waals surface area contributed by atoms with E-state index in [9.17, 15) is 14.7 Å². The standard InChI is InChI=1S/C24H18ClNO7S/c1-30-16-10-14(25)17(31-2)9-13(16)22(27)20-21(19-4-3-7-34-19)26(24(29)23(20)28)12-5-6-15-18(8-12)33-11-32-15/h3-10,21,27H,11H2,1-2H3/b22-20+. The maximum absolute atomic E-state index is 13.3. The molecule has 1 fully saturated rings. The van der Waals surface area contributed by atoms with Crippen LogP contribution in [0.3, 0.4) is 0 Å². The van der Waals surface area contributed by atoms with E-state index in [0.29, 0.717) is 22.1 Å². The molecule has 8 nitrogen and oxygen atoms in total. The van der Waals surface area contributed by atoms with Crippen molar-refractivity contribution < 1.29 is 33.6 Å². The zero-order valence-electron chi connectivity index (χ0n) is 18.0. The van der Waals surface area contributed by atoms with Gasteiger partial charge >= 0.3 is 0 Å². The van der Waals surface area contributed by atoms with Gasteiger partial charge in [0.2, 0.25) is 6.79 Å². The first kappa shape index (κ1) is 22.1. The van der Waals surface area contributed by atoms with Crippen molar-refractivity contribution in [2.75, 3.05) is 25.9 Å². The van der Waals surface area contributed by atoms with Gasteiger partial charge in [0.05, 0.1) is 30.4 Å². The first-order chi connectivity index (χ1) is 16.4. The second kappa shape index (κ2) is 8.58. The Morgan fingerprint density at radius 1 is 1.09 bits per heavy atom. The Balaban J connectivity index is 1.72. The highest BCUT2D eigenvalue weighted by Crippen LogP contribution is 2.47. The Morgan fingerprint density at radius 3 is 2.56 bits per heavy atom. The molecule has 1 aromatic heterocycles. The molecular formula is C24H18ClNO7S. The van der Waals surface area contributed by atoms with E-state index in [0.717, 1.165) is 0 Å². The van der Waals surface area contributed by atoms with Crippen molar-refractivity contribution >= 4 is 46.1 Å². The third-order valence-corrected chi connectivity index (χ3v) is 6.84. The van der Waals surface area contributed by atoms with Gasteiger partial charge in [-0.1, -0.05) is 17.7 Å². The molecule has 3 aromatic rings. The summed E-state index contributed by atoms with van der Waals surface area (Å²) < 4.78 is 21.5. The molecule has 2 aliphatic heterocycles. The fourth-order valence-electron chi connectivity index (χ4n) is 4.04. The fraction of sp³-hybridized carbons (Fsp3) is 0.167. The van der Waals surface area contributed by atoms with E-state index in [2.05, 4.69) is 0 Å². The highest BCUT2D eigenvalue weighted by Gasteiger charge is 2.48. The molecule has 5 rings (SSSR count). The average molecular weight is 500 g/mol. The van der Waals surface area contributed by atoms with Crippen molar-refractivity contribution in [3.05, 3.63) is 68.9 Å². The minimum absolute atomic E-state index is 0.0736. The van der Waals surface area contributed by atoms with Crippen molar-refractivity contribution in [2.24, 2.45) is 0 Å². The number of amides is 1. The second-order valence-corrected chi connectivity index (χ2v) is 8.80. The van der Waals surface area contributed by atoms with E-state index in [1.807, 2.05) is 11.4 Å². The van der Waals surface area contributed by atoms with Gasteiger partial charge in [-0.25, -0.2) is 0 Å². The third-order valence-electron chi connectivity index (χ3n) is 5.62. The number of anilines is 1. The molecule has 1 N–H and O–H groups in total. The number of methoxy groups -OCH3 is 2. The summed E-state index contributed by atoms with van der Waals surface area (Å²) in [5, 5.41) is 13.5. The number of hydrogen-bond donors (Lipinski definition) is 1. The van der Waals surface area contributed by atoms with Crippen LogP contribution in [0.1, 0.15) is 16.5 Å². The van der Waals surface area contributed by atoms with Crippen molar-refractivity contribution in [3.8, 4) is 23.0 Å². The SMILES string of the molecule is COc1cc(/C(O)=C2\C(=O)C(=O)N(c3ccc4c(c3)OCO4)C2c2cccs2)c(OC)cc1Cl. The van der Waals surface area contributed by atoms with Crippen LogP contribution in [-0.4, -0.2) is 37.8 Å². The number of nitrogens with zero attached hydrogens (tertiary/aromatic N) is 1. The molecular weight excluding hydrogens is 482 g/mol. The summed E-state index contributed by atoms with van der Waals surface area (Å²) in [4.78, 5) is 28.6. The van der Waals surface area contributed by atoms with Crippen molar-refractivity contribution in [3.63, 3.8) is 0 Å². The van der Waals surface area contributed by atoms with Gasteiger partial charge in [0, 0.05) is 22.7 Å². The van der Waals surface area contributed by atoms with Crippen molar-refractivity contribution in [1.29, 1.82) is 0 Å². The lowest BCUT2D eigenvalue weighted by Gasteiger charge is -2.24. The summed E-state index contributed by atoms with van der Waals surface area (Å²) >= 11 is 7.56. The molecule has 0 radical (unpaired) electrons. The molecule has 0 bridgehead atoms. The molecule has 0 saturated carbocycles. The van der Waals surface area contributed by atoms with Gasteiger partial charge in [0.15, 0.2) is 11.5 Å². The Hall–Kier alpha value is -3.69. The Kier molecular flexibility index (Phi) is 5.59. The monoisotopic (exact) mass is 499 g/mol. The van der Waals surface area contributed by atoms with Crippen LogP contribution >= 0.6 is 22.9 Å². The number of rotatable bonds is 5. The first-order valence-corrected chi connectivity index (χ1v) is 11.4. The largest absolute Gasteiger partial charge is 0.507 e. The second-order valence-electron chi connectivity index (χ2n) is 7.41. The van der Waals surface area contributed by atoms with Gasteiger partial charge in [0.1, 0.15) is 23.3 Å². The summed E-state index contributed by atoms with van der Waals surface area (Å²) in [5.41, 5.74) is 0.534. The number of Topliss-reactive ketones (excluding diaryl/α,β-unsaturated/α-hetero) is 1. The number of aliphatic hydroxyl groups excluding tert-OH is 1. The van der Waals surface area contributed by atoms with Crippen LogP contribution in [0.5, 0.6) is 23.0 Å².